The van der Waals surface area contributed by atoms with Gasteiger partial charge in [-0.1, -0.05) is 31.0 Å². The number of amides is 2. The van der Waals surface area contributed by atoms with E-state index in [1.165, 1.54) is 31.4 Å². The van der Waals surface area contributed by atoms with Crippen molar-refractivity contribution in [3.8, 4) is 0 Å². The highest BCUT2D eigenvalue weighted by molar-refractivity contribution is 5.94. The minimum absolute atomic E-state index is 0.00893. The molecule has 1 N–H and O–H groups in total. The van der Waals surface area contributed by atoms with Gasteiger partial charge in [0.1, 0.15) is 0 Å². The molecule has 2 amide bonds. The van der Waals surface area contributed by atoms with Gasteiger partial charge in [0.05, 0.1) is 6.54 Å². The highest BCUT2D eigenvalue weighted by Gasteiger charge is 2.23. The van der Waals surface area contributed by atoms with Crippen LogP contribution in [0.2, 0.25) is 0 Å². The Morgan fingerprint density at radius 3 is 2.03 bits per heavy atom. The molecule has 0 aromatic heterocycles. The van der Waals surface area contributed by atoms with Crippen molar-refractivity contribution in [1.82, 2.24) is 9.80 Å². The monoisotopic (exact) mass is 420 g/mol. The van der Waals surface area contributed by atoms with Gasteiger partial charge in [0, 0.05) is 56.2 Å². The first-order chi connectivity index (χ1) is 15.2. The Morgan fingerprint density at radius 1 is 0.742 bits per heavy atom. The van der Waals surface area contributed by atoms with E-state index in [1.807, 2.05) is 47.4 Å². The van der Waals surface area contributed by atoms with Crippen molar-refractivity contribution in [2.24, 2.45) is 0 Å². The van der Waals surface area contributed by atoms with Crippen molar-refractivity contribution in [1.29, 1.82) is 0 Å². The zero-order valence-electron chi connectivity index (χ0n) is 18.1. The topological polar surface area (TPSA) is 55.9 Å². The molecule has 4 rings (SSSR count). The molecule has 164 valence electrons. The summed E-state index contributed by atoms with van der Waals surface area (Å²) in [6, 6.07) is 17.6. The van der Waals surface area contributed by atoms with E-state index in [0.717, 1.165) is 24.3 Å². The molecule has 0 spiro atoms. The molecule has 6 nitrogen and oxygen atoms in total. The zero-order valence-corrected chi connectivity index (χ0v) is 18.1. The van der Waals surface area contributed by atoms with Crippen LogP contribution >= 0.6 is 0 Å². The third kappa shape index (κ3) is 5.85. The molecule has 2 fully saturated rings. The van der Waals surface area contributed by atoms with E-state index in [2.05, 4.69) is 27.2 Å². The van der Waals surface area contributed by atoms with Crippen LogP contribution < -0.4 is 10.2 Å². The molecule has 2 aromatic rings. The van der Waals surface area contributed by atoms with Crippen LogP contribution in [0.1, 0.15) is 36.0 Å². The van der Waals surface area contributed by atoms with E-state index in [0.29, 0.717) is 32.7 Å². The van der Waals surface area contributed by atoms with Gasteiger partial charge in [0.25, 0.3) is 5.91 Å². The Morgan fingerprint density at radius 2 is 1.39 bits per heavy atom. The van der Waals surface area contributed by atoms with Gasteiger partial charge in [0.2, 0.25) is 5.91 Å². The highest BCUT2D eigenvalue weighted by Crippen LogP contribution is 2.21. The fourth-order valence-electron chi connectivity index (χ4n) is 4.36. The average molecular weight is 421 g/mol. The minimum Gasteiger partial charge on any atom is -0.372 e. The van der Waals surface area contributed by atoms with E-state index in [1.54, 1.807) is 0 Å². The lowest BCUT2D eigenvalue weighted by Gasteiger charge is -2.34. The zero-order chi connectivity index (χ0) is 21.5. The maximum Gasteiger partial charge on any atom is 0.253 e. The normalized spacial score (nSPS) is 17.8. The molecule has 0 aliphatic carbocycles. The van der Waals surface area contributed by atoms with E-state index >= 15 is 0 Å². The van der Waals surface area contributed by atoms with E-state index in [9.17, 15) is 9.59 Å². The second-order valence-electron chi connectivity index (χ2n) is 8.43. The first-order valence-corrected chi connectivity index (χ1v) is 11.4. The summed E-state index contributed by atoms with van der Waals surface area (Å²) in [5.41, 5.74) is 2.79. The fourth-order valence-corrected chi connectivity index (χ4v) is 4.36. The molecule has 31 heavy (non-hydrogen) atoms. The number of benzene rings is 2. The SMILES string of the molecule is O=C(CN1CCN(C(=O)c2ccccc2)CC1)Nc1ccc(N2CCCCCC2)cc1. The van der Waals surface area contributed by atoms with Crippen LogP contribution in [-0.2, 0) is 4.79 Å². The maximum atomic E-state index is 12.6. The Hall–Kier alpha value is -2.86. The Balaban J connectivity index is 1.23. The number of carbonyl (C=O) groups is 2. The standard InChI is InChI=1S/C25H32N4O2/c30-24(26-22-10-12-23(13-11-22)28-14-6-1-2-7-15-28)20-27-16-18-29(19-17-27)25(31)21-8-4-3-5-9-21/h3-5,8-13H,1-2,6-7,14-20H2,(H,26,30). The predicted octanol–water partition coefficient (Wildman–Crippen LogP) is 3.46. The molecular formula is C25H32N4O2. The molecule has 0 bridgehead atoms. The quantitative estimate of drug-likeness (QED) is 0.805. The summed E-state index contributed by atoms with van der Waals surface area (Å²) in [6.45, 7) is 5.28. The van der Waals surface area contributed by atoms with Crippen LogP contribution in [0, 0.1) is 0 Å². The van der Waals surface area contributed by atoms with Crippen molar-refractivity contribution >= 4 is 23.2 Å². The Bertz CT molecular complexity index is 853. The minimum atomic E-state index is -0.00893. The summed E-state index contributed by atoms with van der Waals surface area (Å²) < 4.78 is 0. The van der Waals surface area contributed by atoms with Gasteiger partial charge in [-0.15, -0.1) is 0 Å². The first-order valence-electron chi connectivity index (χ1n) is 11.4. The summed E-state index contributed by atoms with van der Waals surface area (Å²) in [4.78, 5) is 31.5. The summed E-state index contributed by atoms with van der Waals surface area (Å²) in [7, 11) is 0. The van der Waals surface area contributed by atoms with Crippen LogP contribution in [-0.4, -0.2) is 67.4 Å². The largest absolute Gasteiger partial charge is 0.372 e. The van der Waals surface area contributed by atoms with Crippen LogP contribution in [0.4, 0.5) is 11.4 Å². The number of hydrogen-bond acceptors (Lipinski definition) is 4. The molecule has 2 aliphatic rings. The molecule has 2 aliphatic heterocycles. The molecule has 0 unspecified atom stereocenters. The van der Waals surface area contributed by atoms with Gasteiger partial charge in [-0.3, -0.25) is 14.5 Å². The first kappa shape index (κ1) is 21.4. The van der Waals surface area contributed by atoms with Crippen molar-refractivity contribution in [3.63, 3.8) is 0 Å². The van der Waals surface area contributed by atoms with Crippen molar-refractivity contribution in [3.05, 3.63) is 60.2 Å². The third-order valence-corrected chi connectivity index (χ3v) is 6.17. The van der Waals surface area contributed by atoms with Gasteiger partial charge in [0.15, 0.2) is 0 Å². The summed E-state index contributed by atoms with van der Waals surface area (Å²) in [5, 5.41) is 3.01. The highest BCUT2D eigenvalue weighted by atomic mass is 16.2. The molecular weight excluding hydrogens is 388 g/mol. The summed E-state index contributed by atoms with van der Waals surface area (Å²) >= 11 is 0. The summed E-state index contributed by atoms with van der Waals surface area (Å²) in [5.74, 6) is 0.0551. The number of nitrogens with one attached hydrogen (secondary N) is 1. The number of rotatable bonds is 5. The number of anilines is 2. The molecule has 0 saturated carbocycles. The molecule has 2 heterocycles. The van der Waals surface area contributed by atoms with Crippen LogP contribution in [0.3, 0.4) is 0 Å². The van der Waals surface area contributed by atoms with E-state index in [-0.39, 0.29) is 11.8 Å². The molecule has 0 radical (unpaired) electrons. The van der Waals surface area contributed by atoms with Gasteiger partial charge >= 0.3 is 0 Å². The van der Waals surface area contributed by atoms with Gasteiger partial charge in [-0.05, 0) is 49.2 Å². The Kier molecular flexibility index (Phi) is 7.20. The number of hydrogen-bond donors (Lipinski definition) is 1. The smallest absolute Gasteiger partial charge is 0.253 e. The second-order valence-corrected chi connectivity index (χ2v) is 8.43. The fraction of sp³-hybridized carbons (Fsp3) is 0.440. The van der Waals surface area contributed by atoms with Crippen molar-refractivity contribution in [2.45, 2.75) is 25.7 Å². The van der Waals surface area contributed by atoms with Crippen LogP contribution in [0.5, 0.6) is 0 Å². The van der Waals surface area contributed by atoms with Crippen molar-refractivity contribution < 1.29 is 9.59 Å². The number of piperazine rings is 1. The lowest BCUT2D eigenvalue weighted by Crippen LogP contribution is -2.50. The third-order valence-electron chi connectivity index (χ3n) is 6.17. The average Bonchev–Trinajstić information content (AvgIpc) is 3.10. The second kappa shape index (κ2) is 10.4. The lowest BCUT2D eigenvalue weighted by molar-refractivity contribution is -0.117. The molecule has 2 aromatic carbocycles. The molecule has 0 atom stereocenters. The van der Waals surface area contributed by atoms with Crippen LogP contribution in [0.15, 0.2) is 54.6 Å². The van der Waals surface area contributed by atoms with E-state index in [4.69, 9.17) is 0 Å². The molecule has 2 saturated heterocycles. The molecule has 6 heteroatoms. The van der Waals surface area contributed by atoms with Gasteiger partial charge in [-0.25, -0.2) is 0 Å². The predicted molar refractivity (Wildman–Crippen MR) is 125 cm³/mol. The maximum absolute atomic E-state index is 12.6. The van der Waals surface area contributed by atoms with Crippen LogP contribution in [0.25, 0.3) is 0 Å². The Labute approximate surface area is 184 Å². The lowest BCUT2D eigenvalue weighted by atomic mass is 10.2. The van der Waals surface area contributed by atoms with Crippen molar-refractivity contribution in [2.75, 3.05) is 56.0 Å². The number of carbonyl (C=O) groups excluding carboxylic acids is 2. The number of nitrogens with zero attached hydrogens (tertiary/aromatic N) is 3. The summed E-state index contributed by atoms with van der Waals surface area (Å²) in [6.07, 6.45) is 5.14. The van der Waals surface area contributed by atoms with Gasteiger partial charge < -0.3 is 15.1 Å². The van der Waals surface area contributed by atoms with E-state index < -0.39 is 0 Å². The van der Waals surface area contributed by atoms with Gasteiger partial charge in [-0.2, -0.15) is 0 Å².